The third kappa shape index (κ3) is 2.21. The number of hydrogen-bond acceptors (Lipinski definition) is 2. The van der Waals surface area contributed by atoms with Gasteiger partial charge in [-0.05, 0) is 5.92 Å². The maximum absolute atomic E-state index is 10.5. The Morgan fingerprint density at radius 2 is 2.50 bits per heavy atom. The van der Waals surface area contributed by atoms with E-state index in [1.165, 1.54) is 0 Å². The van der Waals surface area contributed by atoms with Gasteiger partial charge in [-0.1, -0.05) is 20.3 Å². The summed E-state index contributed by atoms with van der Waals surface area (Å²) >= 11 is 0. The summed E-state index contributed by atoms with van der Waals surface area (Å²) in [5.74, 6) is 0.549. The molecule has 1 aliphatic rings. The topological polar surface area (TPSA) is 29.5 Å². The van der Waals surface area contributed by atoms with E-state index in [9.17, 15) is 4.79 Å². The Hall–Kier alpha value is -0.570. The van der Waals surface area contributed by atoms with Crippen LogP contribution < -0.4 is 0 Å². The van der Waals surface area contributed by atoms with Crippen LogP contribution in [-0.2, 0) is 9.53 Å². The molecule has 1 rings (SSSR count). The molecule has 0 aliphatic carbocycles. The van der Waals surface area contributed by atoms with Crippen molar-refractivity contribution in [1.29, 1.82) is 0 Å². The molecular weight excluding hydrogens is 154 g/mol. The third-order valence-corrected chi connectivity index (χ3v) is 2.55. The first-order valence-electron chi connectivity index (χ1n) is 4.59. The van der Waals surface area contributed by atoms with Gasteiger partial charge in [-0.2, -0.15) is 0 Å². The highest BCUT2D eigenvalue weighted by Gasteiger charge is 2.23. The van der Waals surface area contributed by atoms with Crippen molar-refractivity contribution in [2.24, 2.45) is 5.92 Å². The minimum absolute atomic E-state index is 0.244. The number of ether oxygens (including phenoxy) is 1. The fourth-order valence-corrected chi connectivity index (χ4v) is 1.40. The van der Waals surface area contributed by atoms with E-state index in [0.29, 0.717) is 12.5 Å². The Labute approximate surface area is 73.7 Å². The molecule has 0 saturated carbocycles. The Morgan fingerprint density at radius 1 is 1.75 bits per heavy atom. The SMILES string of the molecule is CCC(C)C1CN(C=O)CCO1. The van der Waals surface area contributed by atoms with Crippen LogP contribution >= 0.6 is 0 Å². The van der Waals surface area contributed by atoms with Crippen LogP contribution in [0.25, 0.3) is 0 Å². The number of amides is 1. The Balaban J connectivity index is 2.39. The number of hydrogen-bond donors (Lipinski definition) is 0. The summed E-state index contributed by atoms with van der Waals surface area (Å²) in [6.45, 7) is 6.51. The van der Waals surface area contributed by atoms with Crippen molar-refractivity contribution in [2.75, 3.05) is 19.7 Å². The molecule has 70 valence electrons. The van der Waals surface area contributed by atoms with Crippen LogP contribution in [0.3, 0.4) is 0 Å². The second-order valence-electron chi connectivity index (χ2n) is 3.40. The average Bonchev–Trinajstić information content (AvgIpc) is 2.17. The zero-order valence-corrected chi connectivity index (χ0v) is 7.82. The predicted octanol–water partition coefficient (Wildman–Crippen LogP) is 0.890. The monoisotopic (exact) mass is 171 g/mol. The van der Waals surface area contributed by atoms with E-state index >= 15 is 0 Å². The molecule has 0 bridgehead atoms. The van der Waals surface area contributed by atoms with Crippen molar-refractivity contribution in [1.82, 2.24) is 4.90 Å². The summed E-state index contributed by atoms with van der Waals surface area (Å²) in [4.78, 5) is 12.3. The summed E-state index contributed by atoms with van der Waals surface area (Å²) in [5.41, 5.74) is 0. The predicted molar refractivity (Wildman–Crippen MR) is 46.8 cm³/mol. The molecule has 0 N–H and O–H groups in total. The Bertz CT molecular complexity index is 149. The van der Waals surface area contributed by atoms with Crippen LogP contribution in [0.15, 0.2) is 0 Å². The lowest BCUT2D eigenvalue weighted by Gasteiger charge is -2.33. The highest BCUT2D eigenvalue weighted by Crippen LogP contribution is 2.15. The van der Waals surface area contributed by atoms with Crippen molar-refractivity contribution < 1.29 is 9.53 Å². The van der Waals surface area contributed by atoms with Gasteiger partial charge in [-0.25, -0.2) is 0 Å². The molecule has 3 heteroatoms. The summed E-state index contributed by atoms with van der Waals surface area (Å²) in [7, 11) is 0. The fraction of sp³-hybridized carbons (Fsp3) is 0.889. The molecule has 1 heterocycles. The molecule has 1 amide bonds. The Kier molecular flexibility index (Phi) is 3.53. The number of nitrogens with zero attached hydrogens (tertiary/aromatic N) is 1. The first kappa shape index (κ1) is 9.52. The van der Waals surface area contributed by atoms with E-state index in [0.717, 1.165) is 25.9 Å². The molecule has 1 aliphatic heterocycles. The summed E-state index contributed by atoms with van der Waals surface area (Å²) < 4.78 is 5.56. The highest BCUT2D eigenvalue weighted by atomic mass is 16.5. The van der Waals surface area contributed by atoms with Crippen LogP contribution in [0.5, 0.6) is 0 Å². The van der Waals surface area contributed by atoms with Gasteiger partial charge in [0, 0.05) is 13.1 Å². The standard InChI is InChI=1S/C9H17NO2/c1-3-8(2)9-6-10(7-11)4-5-12-9/h7-9H,3-6H2,1-2H3. The van der Waals surface area contributed by atoms with Gasteiger partial charge in [-0.3, -0.25) is 4.79 Å². The van der Waals surface area contributed by atoms with E-state index in [1.54, 1.807) is 4.90 Å². The van der Waals surface area contributed by atoms with Crippen molar-refractivity contribution in [3.63, 3.8) is 0 Å². The van der Waals surface area contributed by atoms with Gasteiger partial charge in [0.05, 0.1) is 12.7 Å². The molecule has 3 nitrogen and oxygen atoms in total. The van der Waals surface area contributed by atoms with Gasteiger partial charge in [0.1, 0.15) is 0 Å². The van der Waals surface area contributed by atoms with Crippen LogP contribution in [0.2, 0.25) is 0 Å². The van der Waals surface area contributed by atoms with E-state index in [4.69, 9.17) is 4.74 Å². The first-order chi connectivity index (χ1) is 5.77. The second kappa shape index (κ2) is 4.45. The van der Waals surface area contributed by atoms with Gasteiger partial charge in [0.25, 0.3) is 0 Å². The quantitative estimate of drug-likeness (QED) is 0.590. The smallest absolute Gasteiger partial charge is 0.209 e. The van der Waals surface area contributed by atoms with E-state index in [1.807, 2.05) is 0 Å². The van der Waals surface area contributed by atoms with Crippen LogP contribution in [-0.4, -0.2) is 37.1 Å². The van der Waals surface area contributed by atoms with Crippen molar-refractivity contribution in [3.05, 3.63) is 0 Å². The van der Waals surface area contributed by atoms with Gasteiger partial charge in [-0.15, -0.1) is 0 Å². The van der Waals surface area contributed by atoms with Crippen molar-refractivity contribution in [2.45, 2.75) is 26.4 Å². The van der Waals surface area contributed by atoms with Gasteiger partial charge in [0.15, 0.2) is 0 Å². The maximum Gasteiger partial charge on any atom is 0.209 e. The number of rotatable bonds is 3. The molecule has 2 atom stereocenters. The maximum atomic E-state index is 10.5. The summed E-state index contributed by atoms with van der Waals surface area (Å²) in [6, 6.07) is 0. The lowest BCUT2D eigenvalue weighted by molar-refractivity contribution is -0.127. The van der Waals surface area contributed by atoms with Crippen LogP contribution in [0.1, 0.15) is 20.3 Å². The minimum Gasteiger partial charge on any atom is -0.374 e. The van der Waals surface area contributed by atoms with Crippen molar-refractivity contribution in [3.8, 4) is 0 Å². The minimum atomic E-state index is 0.244. The number of carbonyl (C=O) groups is 1. The number of carbonyl (C=O) groups excluding carboxylic acids is 1. The second-order valence-corrected chi connectivity index (χ2v) is 3.40. The molecule has 2 unspecified atom stereocenters. The normalized spacial score (nSPS) is 26.8. The molecule has 0 aromatic carbocycles. The first-order valence-corrected chi connectivity index (χ1v) is 4.59. The summed E-state index contributed by atoms with van der Waals surface area (Å²) in [5, 5.41) is 0. The lowest BCUT2D eigenvalue weighted by atomic mass is 10.0. The zero-order valence-electron chi connectivity index (χ0n) is 7.82. The van der Waals surface area contributed by atoms with Crippen molar-refractivity contribution >= 4 is 6.41 Å². The zero-order chi connectivity index (χ0) is 8.97. The molecule has 1 saturated heterocycles. The molecule has 1 fully saturated rings. The molecule has 0 radical (unpaired) electrons. The number of morpholine rings is 1. The van der Waals surface area contributed by atoms with Crippen LogP contribution in [0.4, 0.5) is 0 Å². The molecule has 12 heavy (non-hydrogen) atoms. The molecule has 0 aromatic heterocycles. The highest BCUT2D eigenvalue weighted by molar-refractivity contribution is 5.47. The van der Waals surface area contributed by atoms with Crippen LogP contribution in [0, 0.1) is 5.92 Å². The molecule has 0 aromatic rings. The largest absolute Gasteiger partial charge is 0.374 e. The molecule has 0 spiro atoms. The van der Waals surface area contributed by atoms with Gasteiger partial charge < -0.3 is 9.64 Å². The third-order valence-electron chi connectivity index (χ3n) is 2.55. The molecular formula is C9H17NO2. The van der Waals surface area contributed by atoms with Gasteiger partial charge in [0.2, 0.25) is 6.41 Å². The average molecular weight is 171 g/mol. The van der Waals surface area contributed by atoms with E-state index < -0.39 is 0 Å². The fourth-order valence-electron chi connectivity index (χ4n) is 1.40. The van der Waals surface area contributed by atoms with Gasteiger partial charge >= 0.3 is 0 Å². The van der Waals surface area contributed by atoms with E-state index in [2.05, 4.69) is 13.8 Å². The van der Waals surface area contributed by atoms with E-state index in [-0.39, 0.29) is 6.10 Å². The lowest BCUT2D eigenvalue weighted by Crippen LogP contribution is -2.44. The Morgan fingerprint density at radius 3 is 3.08 bits per heavy atom. The summed E-state index contributed by atoms with van der Waals surface area (Å²) in [6.07, 6.45) is 2.27.